The number of aromatic carboxylic acids is 1. The summed E-state index contributed by atoms with van der Waals surface area (Å²) in [5.41, 5.74) is 0.478. The number of pyridine rings is 1. The van der Waals surface area contributed by atoms with Crippen molar-refractivity contribution < 1.29 is 32.2 Å². The Hall–Kier alpha value is -4.09. The van der Waals surface area contributed by atoms with Crippen molar-refractivity contribution in [1.29, 1.82) is 0 Å². The van der Waals surface area contributed by atoms with Gasteiger partial charge in [0, 0.05) is 6.20 Å². The van der Waals surface area contributed by atoms with Gasteiger partial charge in [0.2, 0.25) is 11.7 Å². The molecule has 5 rings (SSSR count). The molecule has 8 nitrogen and oxygen atoms in total. The molecule has 3 aromatic heterocycles. The Labute approximate surface area is 227 Å². The number of carbonyl (C=O) groups is 1. The van der Waals surface area contributed by atoms with Crippen LogP contribution in [-0.4, -0.2) is 41.7 Å². The summed E-state index contributed by atoms with van der Waals surface area (Å²) < 4.78 is 61.8. The molecule has 4 aromatic rings. The number of nitrogens with zero attached hydrogens (tertiary/aromatic N) is 5. The zero-order valence-corrected chi connectivity index (χ0v) is 22.0. The van der Waals surface area contributed by atoms with E-state index in [4.69, 9.17) is 4.74 Å². The van der Waals surface area contributed by atoms with Gasteiger partial charge < -0.3 is 14.4 Å². The highest BCUT2D eigenvalue weighted by molar-refractivity contribution is 5.88. The van der Waals surface area contributed by atoms with Crippen LogP contribution in [0.3, 0.4) is 0 Å². The molecule has 1 saturated carbocycles. The molecule has 0 aliphatic heterocycles. The number of fused-ring (bicyclic) bond motifs is 1. The van der Waals surface area contributed by atoms with Gasteiger partial charge in [-0.15, -0.1) is 0 Å². The van der Waals surface area contributed by atoms with Gasteiger partial charge in [0.05, 0.1) is 12.1 Å². The summed E-state index contributed by atoms with van der Waals surface area (Å²) in [5.74, 6) is -2.63. The van der Waals surface area contributed by atoms with Gasteiger partial charge in [0.15, 0.2) is 17.0 Å². The lowest BCUT2D eigenvalue weighted by Crippen LogP contribution is -2.29. The van der Waals surface area contributed by atoms with E-state index in [1.165, 1.54) is 6.07 Å². The first-order valence-corrected chi connectivity index (χ1v) is 12.9. The largest absolute Gasteiger partial charge is 0.475 e. The fourth-order valence-electron chi connectivity index (χ4n) is 4.71. The number of rotatable bonds is 8. The van der Waals surface area contributed by atoms with E-state index >= 15 is 0 Å². The first-order chi connectivity index (χ1) is 18.9. The van der Waals surface area contributed by atoms with Gasteiger partial charge in [-0.05, 0) is 67.0 Å². The predicted molar refractivity (Wildman–Crippen MR) is 138 cm³/mol. The Morgan fingerprint density at radius 2 is 1.88 bits per heavy atom. The molecule has 0 amide bonds. The van der Waals surface area contributed by atoms with Gasteiger partial charge in [0.25, 0.3) is 0 Å². The second kappa shape index (κ2) is 10.5. The number of aromatic nitrogens is 5. The van der Waals surface area contributed by atoms with Gasteiger partial charge in [0.1, 0.15) is 17.6 Å². The van der Waals surface area contributed by atoms with Gasteiger partial charge in [-0.2, -0.15) is 18.2 Å². The molecule has 0 bridgehead atoms. The predicted octanol–water partition coefficient (Wildman–Crippen LogP) is 6.48. The van der Waals surface area contributed by atoms with Crippen LogP contribution in [-0.2, 0) is 12.7 Å². The highest BCUT2D eigenvalue weighted by Gasteiger charge is 2.34. The highest BCUT2D eigenvalue weighted by atomic mass is 19.4. The molecule has 1 aliphatic carbocycles. The van der Waals surface area contributed by atoms with Crippen molar-refractivity contribution in [1.82, 2.24) is 24.5 Å². The van der Waals surface area contributed by atoms with E-state index in [0.29, 0.717) is 11.8 Å². The average molecular weight is 558 g/mol. The third-order valence-electron chi connectivity index (χ3n) is 7.23. The van der Waals surface area contributed by atoms with Crippen LogP contribution in [0.5, 0.6) is 5.88 Å². The van der Waals surface area contributed by atoms with E-state index in [0.717, 1.165) is 30.9 Å². The smallest absolute Gasteiger partial charge is 0.419 e. The van der Waals surface area contributed by atoms with Gasteiger partial charge in [-0.3, -0.25) is 4.98 Å². The molecule has 1 aromatic carbocycles. The standard InChI is InChI=1S/C28H27F4N5O3/c1-14(2)18-9-10-33-21(12-18)25-35-23-22(37(25)13-16-7-8-19(20(29)11-16)28(30,31)32)26(36-24(34-23)27(38)39)40-15(3)17-5-4-6-17/h7-12,14-15,17H,4-6,13H2,1-3H3,(H,38,39). The van der Waals surface area contributed by atoms with Gasteiger partial charge in [-0.1, -0.05) is 26.3 Å². The molecule has 1 atom stereocenters. The van der Waals surface area contributed by atoms with Crippen molar-refractivity contribution in [2.45, 2.75) is 64.8 Å². The molecule has 0 saturated heterocycles. The summed E-state index contributed by atoms with van der Waals surface area (Å²) in [7, 11) is 0. The Morgan fingerprint density at radius 3 is 2.48 bits per heavy atom. The molecule has 0 radical (unpaired) electrons. The molecule has 40 heavy (non-hydrogen) atoms. The number of hydrogen-bond donors (Lipinski definition) is 1. The number of imidazole rings is 1. The molecular formula is C28H27F4N5O3. The zero-order chi connectivity index (χ0) is 28.8. The van der Waals surface area contributed by atoms with Gasteiger partial charge >= 0.3 is 12.1 Å². The maximum atomic E-state index is 14.5. The summed E-state index contributed by atoms with van der Waals surface area (Å²) in [4.78, 5) is 29.1. The Bertz CT molecular complexity index is 1580. The van der Waals surface area contributed by atoms with Crippen molar-refractivity contribution in [3.63, 3.8) is 0 Å². The lowest BCUT2D eigenvalue weighted by molar-refractivity contribution is -0.140. The lowest BCUT2D eigenvalue weighted by Gasteiger charge is -2.31. The zero-order valence-electron chi connectivity index (χ0n) is 22.0. The summed E-state index contributed by atoms with van der Waals surface area (Å²) >= 11 is 0. The fraction of sp³-hybridized carbons (Fsp3) is 0.393. The summed E-state index contributed by atoms with van der Waals surface area (Å²) in [6, 6.07) is 6.36. The number of hydrogen-bond acceptors (Lipinski definition) is 6. The molecule has 1 aliphatic rings. The Balaban J connectivity index is 1.71. The van der Waals surface area contributed by atoms with Crippen LogP contribution in [0.4, 0.5) is 17.6 Å². The Morgan fingerprint density at radius 1 is 1.12 bits per heavy atom. The minimum absolute atomic E-state index is 0.0161. The molecular weight excluding hydrogens is 530 g/mol. The first kappa shape index (κ1) is 27.5. The summed E-state index contributed by atoms with van der Waals surface area (Å²) in [6.07, 6.45) is -0.527. The molecule has 0 spiro atoms. The normalized spacial score (nSPS) is 14.9. The first-order valence-electron chi connectivity index (χ1n) is 12.9. The maximum Gasteiger partial charge on any atom is 0.419 e. The number of carboxylic acid groups (broad SMARTS) is 1. The molecule has 1 N–H and O–H groups in total. The second-order valence-corrected chi connectivity index (χ2v) is 10.3. The maximum absolute atomic E-state index is 14.5. The molecule has 1 unspecified atom stereocenters. The number of alkyl halides is 3. The minimum atomic E-state index is -4.84. The molecule has 1 fully saturated rings. The van der Waals surface area contributed by atoms with Gasteiger partial charge in [-0.25, -0.2) is 19.2 Å². The highest BCUT2D eigenvalue weighted by Crippen LogP contribution is 2.36. The van der Waals surface area contributed by atoms with E-state index in [1.807, 2.05) is 32.9 Å². The average Bonchev–Trinajstić information content (AvgIpc) is 3.20. The van der Waals surface area contributed by atoms with Crippen LogP contribution >= 0.6 is 0 Å². The number of halogens is 4. The third-order valence-corrected chi connectivity index (χ3v) is 7.23. The SMILES string of the molecule is CC(C)c1ccnc(-c2nc3nc(C(=O)O)nc(OC(C)C4CCC4)c3n2Cc2ccc(C(F)(F)F)c(F)c2)c1. The third kappa shape index (κ3) is 5.34. The van der Waals surface area contributed by atoms with Crippen molar-refractivity contribution in [3.05, 3.63) is 64.9 Å². The van der Waals surface area contributed by atoms with E-state index in [1.54, 1.807) is 10.8 Å². The minimum Gasteiger partial charge on any atom is -0.475 e. The lowest BCUT2D eigenvalue weighted by atomic mass is 9.82. The topological polar surface area (TPSA) is 103 Å². The fourth-order valence-corrected chi connectivity index (χ4v) is 4.71. The van der Waals surface area contributed by atoms with Crippen LogP contribution < -0.4 is 4.74 Å². The quantitative estimate of drug-likeness (QED) is 0.247. The van der Waals surface area contributed by atoms with Crippen LogP contribution in [0.25, 0.3) is 22.7 Å². The van der Waals surface area contributed by atoms with Crippen molar-refractivity contribution >= 4 is 17.1 Å². The van der Waals surface area contributed by atoms with Crippen molar-refractivity contribution in [3.8, 4) is 17.4 Å². The molecule has 12 heteroatoms. The molecule has 3 heterocycles. The van der Waals surface area contributed by atoms with E-state index in [-0.39, 0.29) is 52.9 Å². The summed E-state index contributed by atoms with van der Waals surface area (Å²) in [6.45, 7) is 5.76. The van der Waals surface area contributed by atoms with Crippen molar-refractivity contribution in [2.75, 3.05) is 0 Å². The second-order valence-electron chi connectivity index (χ2n) is 10.3. The van der Waals surface area contributed by atoms with Crippen LogP contribution in [0.2, 0.25) is 0 Å². The van der Waals surface area contributed by atoms with Crippen LogP contribution in [0.1, 0.15) is 73.3 Å². The van der Waals surface area contributed by atoms with E-state index in [2.05, 4.69) is 19.9 Å². The van der Waals surface area contributed by atoms with Crippen LogP contribution in [0.15, 0.2) is 36.5 Å². The Kier molecular flexibility index (Phi) is 7.19. The molecule has 210 valence electrons. The summed E-state index contributed by atoms with van der Waals surface area (Å²) in [5, 5.41) is 9.66. The number of benzene rings is 1. The monoisotopic (exact) mass is 557 g/mol. The van der Waals surface area contributed by atoms with Crippen LogP contribution in [0, 0.1) is 11.7 Å². The number of ether oxygens (including phenoxy) is 1. The number of carboxylic acids is 1. The van der Waals surface area contributed by atoms with Crippen molar-refractivity contribution in [2.24, 2.45) is 5.92 Å². The van der Waals surface area contributed by atoms with E-state index < -0.39 is 29.4 Å². The van der Waals surface area contributed by atoms with E-state index in [9.17, 15) is 27.5 Å².